The van der Waals surface area contributed by atoms with E-state index in [0.29, 0.717) is 5.91 Å². The maximum atomic E-state index is 13.2. The molecule has 0 radical (unpaired) electrons. The molecule has 1 atom stereocenters. The molecule has 1 saturated heterocycles. The Balaban J connectivity index is 1.95. The number of hydrogen-bond acceptors (Lipinski definition) is 2. The lowest BCUT2D eigenvalue weighted by Gasteiger charge is -2.33. The summed E-state index contributed by atoms with van der Waals surface area (Å²) in [5.41, 5.74) is 2.29. The van der Waals surface area contributed by atoms with E-state index in [9.17, 15) is 4.79 Å². The zero-order valence-corrected chi connectivity index (χ0v) is 12.3. The molecule has 0 saturated carbocycles. The number of amides is 1. The van der Waals surface area contributed by atoms with Gasteiger partial charge in [-0.3, -0.25) is 4.79 Å². The quantitative estimate of drug-likeness (QED) is 0.898. The number of rotatable bonds is 2. The molecule has 3 rings (SSSR count). The third-order valence-corrected chi connectivity index (χ3v) is 4.98. The lowest BCUT2D eigenvalue weighted by molar-refractivity contribution is -0.127. The Morgan fingerprint density at radius 3 is 2.95 bits per heavy atom. The van der Waals surface area contributed by atoms with E-state index < -0.39 is 0 Å². The molecular formula is C17H24N2O. The number of aryl methyl sites for hydroxylation is 1. The van der Waals surface area contributed by atoms with Crippen LogP contribution in [0.3, 0.4) is 0 Å². The normalized spacial score (nSPS) is 26.1. The molecule has 108 valence electrons. The van der Waals surface area contributed by atoms with Gasteiger partial charge in [-0.25, -0.2) is 0 Å². The predicted molar refractivity (Wildman–Crippen MR) is 81.9 cm³/mol. The van der Waals surface area contributed by atoms with E-state index in [0.717, 1.165) is 51.0 Å². The van der Waals surface area contributed by atoms with Crippen molar-refractivity contribution < 1.29 is 4.79 Å². The number of benzene rings is 1. The average molecular weight is 272 g/mol. The van der Waals surface area contributed by atoms with Gasteiger partial charge in [0.15, 0.2) is 0 Å². The molecular weight excluding hydrogens is 248 g/mol. The van der Waals surface area contributed by atoms with E-state index in [-0.39, 0.29) is 5.41 Å². The molecule has 2 aliphatic rings. The molecule has 1 aromatic carbocycles. The minimum Gasteiger partial charge on any atom is -0.316 e. The Labute approximate surface area is 121 Å². The summed E-state index contributed by atoms with van der Waals surface area (Å²) in [7, 11) is 0. The largest absolute Gasteiger partial charge is 0.316 e. The number of nitrogens with one attached hydrogen (secondary N) is 1. The third kappa shape index (κ3) is 2.24. The fourth-order valence-corrected chi connectivity index (χ4v) is 3.57. The van der Waals surface area contributed by atoms with Gasteiger partial charge in [-0.2, -0.15) is 0 Å². The van der Waals surface area contributed by atoms with Crippen LogP contribution in [0.2, 0.25) is 0 Å². The number of hydrogen-bond donors (Lipinski definition) is 1. The van der Waals surface area contributed by atoms with Crippen molar-refractivity contribution in [3.05, 3.63) is 29.8 Å². The van der Waals surface area contributed by atoms with Crippen molar-refractivity contribution in [2.45, 2.75) is 39.0 Å². The van der Waals surface area contributed by atoms with Crippen molar-refractivity contribution in [3.63, 3.8) is 0 Å². The summed E-state index contributed by atoms with van der Waals surface area (Å²) in [5.74, 6) is 0.333. The van der Waals surface area contributed by atoms with Crippen LogP contribution in [0, 0.1) is 5.41 Å². The van der Waals surface area contributed by atoms with Crippen LogP contribution in [-0.2, 0) is 11.2 Å². The summed E-state index contributed by atoms with van der Waals surface area (Å²) in [4.78, 5) is 15.2. The van der Waals surface area contributed by atoms with Gasteiger partial charge >= 0.3 is 0 Å². The first-order chi connectivity index (χ1) is 9.77. The Bertz CT molecular complexity index is 492. The molecule has 2 aliphatic heterocycles. The first-order valence-electron chi connectivity index (χ1n) is 7.87. The molecule has 1 aromatic rings. The van der Waals surface area contributed by atoms with Gasteiger partial charge in [0.2, 0.25) is 5.91 Å². The van der Waals surface area contributed by atoms with Gasteiger partial charge in [-0.1, -0.05) is 25.1 Å². The second-order valence-electron chi connectivity index (χ2n) is 6.10. The number of nitrogens with zero attached hydrogens (tertiary/aromatic N) is 1. The monoisotopic (exact) mass is 272 g/mol. The van der Waals surface area contributed by atoms with Gasteiger partial charge in [0, 0.05) is 18.8 Å². The number of para-hydroxylation sites is 1. The van der Waals surface area contributed by atoms with Crippen LogP contribution in [0.15, 0.2) is 24.3 Å². The molecule has 1 fully saturated rings. The molecule has 0 bridgehead atoms. The van der Waals surface area contributed by atoms with Crippen molar-refractivity contribution in [2.24, 2.45) is 5.41 Å². The smallest absolute Gasteiger partial charge is 0.234 e. The van der Waals surface area contributed by atoms with Crippen LogP contribution < -0.4 is 10.2 Å². The topological polar surface area (TPSA) is 32.3 Å². The van der Waals surface area contributed by atoms with Gasteiger partial charge in [0.1, 0.15) is 0 Å². The van der Waals surface area contributed by atoms with Crippen molar-refractivity contribution in [1.82, 2.24) is 5.32 Å². The minimum atomic E-state index is -0.183. The molecule has 2 heterocycles. The highest BCUT2D eigenvalue weighted by Gasteiger charge is 2.42. The predicted octanol–water partition coefficient (Wildman–Crippen LogP) is 2.75. The number of anilines is 1. The van der Waals surface area contributed by atoms with Gasteiger partial charge in [0.05, 0.1) is 5.41 Å². The lowest BCUT2D eigenvalue weighted by Crippen LogP contribution is -2.45. The average Bonchev–Trinajstić information content (AvgIpc) is 2.88. The van der Waals surface area contributed by atoms with Gasteiger partial charge < -0.3 is 10.2 Å². The highest BCUT2D eigenvalue weighted by Crippen LogP contribution is 2.36. The van der Waals surface area contributed by atoms with Crippen molar-refractivity contribution in [1.29, 1.82) is 0 Å². The summed E-state index contributed by atoms with van der Waals surface area (Å²) in [6.07, 6.45) is 5.28. The van der Waals surface area contributed by atoms with Crippen LogP contribution in [-0.4, -0.2) is 25.5 Å². The fraction of sp³-hybridized carbons (Fsp3) is 0.588. The molecule has 1 amide bonds. The first kappa shape index (κ1) is 13.6. The van der Waals surface area contributed by atoms with Crippen LogP contribution in [0.5, 0.6) is 0 Å². The molecule has 0 spiro atoms. The van der Waals surface area contributed by atoms with E-state index in [1.807, 2.05) is 0 Å². The van der Waals surface area contributed by atoms with E-state index in [4.69, 9.17) is 0 Å². The maximum absolute atomic E-state index is 13.2. The Morgan fingerprint density at radius 2 is 2.20 bits per heavy atom. The lowest BCUT2D eigenvalue weighted by atomic mass is 9.82. The Kier molecular flexibility index (Phi) is 3.79. The first-order valence-corrected chi connectivity index (χ1v) is 7.87. The molecule has 3 nitrogen and oxygen atoms in total. The van der Waals surface area contributed by atoms with E-state index in [1.165, 1.54) is 12.0 Å². The van der Waals surface area contributed by atoms with Crippen LogP contribution in [0.1, 0.15) is 38.2 Å². The number of carbonyl (C=O) groups excluding carboxylic acids is 1. The van der Waals surface area contributed by atoms with Gasteiger partial charge in [0.25, 0.3) is 0 Å². The SMILES string of the molecule is CCC1(C(=O)N2CCCCc3ccccc32)CCNC1. The standard InChI is InChI=1S/C17H24N2O/c1-2-17(10-11-18-13-17)16(20)19-12-6-5-8-14-7-3-4-9-15(14)19/h3-4,7,9,18H,2,5-6,8,10-13H2,1H3. The molecule has 20 heavy (non-hydrogen) atoms. The molecule has 1 N–H and O–H groups in total. The van der Waals surface area contributed by atoms with Crippen molar-refractivity contribution in [2.75, 3.05) is 24.5 Å². The highest BCUT2D eigenvalue weighted by atomic mass is 16.2. The van der Waals surface area contributed by atoms with Crippen molar-refractivity contribution in [3.8, 4) is 0 Å². The van der Waals surface area contributed by atoms with E-state index >= 15 is 0 Å². The number of fused-ring (bicyclic) bond motifs is 1. The summed E-state index contributed by atoms with van der Waals surface area (Å²) in [6, 6.07) is 8.42. The highest BCUT2D eigenvalue weighted by molar-refractivity contribution is 5.98. The van der Waals surface area contributed by atoms with Crippen LogP contribution >= 0.6 is 0 Å². The second-order valence-corrected chi connectivity index (χ2v) is 6.10. The van der Waals surface area contributed by atoms with E-state index in [2.05, 4.69) is 41.4 Å². The van der Waals surface area contributed by atoms with E-state index in [1.54, 1.807) is 0 Å². The molecule has 3 heteroatoms. The number of carbonyl (C=O) groups is 1. The molecule has 0 aliphatic carbocycles. The van der Waals surface area contributed by atoms with Crippen LogP contribution in [0.4, 0.5) is 5.69 Å². The fourth-order valence-electron chi connectivity index (χ4n) is 3.57. The van der Waals surface area contributed by atoms with Gasteiger partial charge in [-0.05, 0) is 50.3 Å². The minimum absolute atomic E-state index is 0.183. The molecule has 0 aromatic heterocycles. The maximum Gasteiger partial charge on any atom is 0.234 e. The zero-order chi connectivity index (χ0) is 14.0. The summed E-state index contributed by atoms with van der Waals surface area (Å²) in [6.45, 7) is 4.82. The van der Waals surface area contributed by atoms with Gasteiger partial charge in [-0.15, -0.1) is 0 Å². The van der Waals surface area contributed by atoms with Crippen LogP contribution in [0.25, 0.3) is 0 Å². The Hall–Kier alpha value is -1.35. The Morgan fingerprint density at radius 1 is 1.35 bits per heavy atom. The second kappa shape index (κ2) is 5.57. The summed E-state index contributed by atoms with van der Waals surface area (Å²) < 4.78 is 0. The van der Waals surface area contributed by atoms with Crippen molar-refractivity contribution >= 4 is 11.6 Å². The molecule has 1 unspecified atom stereocenters. The third-order valence-electron chi connectivity index (χ3n) is 4.98. The zero-order valence-electron chi connectivity index (χ0n) is 12.3. The summed E-state index contributed by atoms with van der Waals surface area (Å²) in [5, 5.41) is 3.38. The summed E-state index contributed by atoms with van der Waals surface area (Å²) >= 11 is 0.